The third-order valence-electron chi connectivity index (χ3n) is 4.21. The van der Waals surface area contributed by atoms with Crippen molar-refractivity contribution < 1.29 is 13.2 Å². The zero-order valence-corrected chi connectivity index (χ0v) is 13.1. The summed E-state index contributed by atoms with van der Waals surface area (Å²) in [7, 11) is -3.22. The van der Waals surface area contributed by atoms with Crippen molar-refractivity contribution in [3.63, 3.8) is 0 Å². The number of rotatable bonds is 3. The molecule has 0 aromatic rings. The largest absolute Gasteiger partial charge is 0.323 e. The Labute approximate surface area is 119 Å². The van der Waals surface area contributed by atoms with Crippen LogP contribution < -0.4 is 5.32 Å². The van der Waals surface area contributed by atoms with E-state index in [1.165, 1.54) is 6.26 Å². The quantitative estimate of drug-likeness (QED) is 0.813. The van der Waals surface area contributed by atoms with Crippen LogP contribution in [0.25, 0.3) is 0 Å². The molecule has 1 amide bonds. The van der Waals surface area contributed by atoms with E-state index in [2.05, 4.69) is 5.32 Å². The van der Waals surface area contributed by atoms with E-state index in [0.717, 1.165) is 25.1 Å². The Morgan fingerprint density at radius 3 is 2.79 bits per heavy atom. The second-order valence-corrected chi connectivity index (χ2v) is 8.77. The first-order chi connectivity index (χ1) is 8.91. The maximum absolute atomic E-state index is 12.8. The molecule has 7 heteroatoms. The lowest BCUT2D eigenvalue weighted by atomic mass is 9.82. The summed E-state index contributed by atoms with van der Waals surface area (Å²) in [6.45, 7) is 4.07. The van der Waals surface area contributed by atoms with E-state index in [1.54, 1.807) is 16.7 Å². The van der Waals surface area contributed by atoms with Gasteiger partial charge in [0.25, 0.3) is 0 Å². The Hall–Kier alpha value is -0.270. The molecule has 110 valence electrons. The van der Waals surface area contributed by atoms with Crippen LogP contribution in [0, 0.1) is 5.41 Å². The molecule has 2 fully saturated rings. The summed E-state index contributed by atoms with van der Waals surface area (Å²) in [6.07, 6.45) is 2.80. The van der Waals surface area contributed by atoms with Gasteiger partial charge in [0.05, 0.1) is 5.41 Å². The van der Waals surface area contributed by atoms with Crippen LogP contribution in [0.15, 0.2) is 0 Å². The van der Waals surface area contributed by atoms with Crippen LogP contribution in [-0.4, -0.2) is 62.0 Å². The van der Waals surface area contributed by atoms with E-state index in [-0.39, 0.29) is 5.91 Å². The fraction of sp³-hybridized carbons (Fsp3) is 0.917. The average Bonchev–Trinajstić information content (AvgIpc) is 2.87. The highest BCUT2D eigenvalue weighted by Crippen LogP contribution is 2.34. The van der Waals surface area contributed by atoms with E-state index in [4.69, 9.17) is 0 Å². The number of sulfone groups is 1. The topological polar surface area (TPSA) is 66.5 Å². The van der Waals surface area contributed by atoms with Crippen molar-refractivity contribution in [1.29, 1.82) is 0 Å². The molecule has 2 aliphatic rings. The molecule has 2 unspecified atom stereocenters. The lowest BCUT2D eigenvalue weighted by molar-refractivity contribution is -0.141. The third kappa shape index (κ3) is 2.92. The summed E-state index contributed by atoms with van der Waals surface area (Å²) < 4.78 is 23.8. The minimum atomic E-state index is -3.22. The predicted octanol–water partition coefficient (Wildman–Crippen LogP) is 0.322. The Morgan fingerprint density at radius 2 is 2.26 bits per heavy atom. The van der Waals surface area contributed by atoms with Crippen LogP contribution in [0.1, 0.15) is 19.8 Å². The summed E-state index contributed by atoms with van der Waals surface area (Å²) >= 11 is 1.61. The average molecular weight is 306 g/mol. The normalized spacial score (nSPS) is 32.5. The van der Waals surface area contributed by atoms with E-state index >= 15 is 0 Å². The van der Waals surface area contributed by atoms with Crippen molar-refractivity contribution in [1.82, 2.24) is 10.2 Å². The van der Waals surface area contributed by atoms with Crippen LogP contribution in [0.2, 0.25) is 0 Å². The van der Waals surface area contributed by atoms with Crippen molar-refractivity contribution in [2.24, 2.45) is 5.41 Å². The molecule has 0 aromatic heterocycles. The Balaban J connectivity index is 2.25. The number of carbonyl (C=O) groups excluding carboxylic acids is 1. The predicted molar refractivity (Wildman–Crippen MR) is 77.9 cm³/mol. The molecule has 2 aliphatic heterocycles. The van der Waals surface area contributed by atoms with E-state index < -0.39 is 20.6 Å². The number of carbonyl (C=O) groups is 1. The standard InChI is InChI=1S/C12H22N2O3S2/c1-3-12(4-5-13-9-12)11(15)14-6-7-18-8-10(14)19(2,16)17/h10,13H,3-9H2,1-2H3. The highest BCUT2D eigenvalue weighted by Gasteiger charge is 2.46. The van der Waals surface area contributed by atoms with Gasteiger partial charge in [0.2, 0.25) is 5.91 Å². The summed E-state index contributed by atoms with van der Waals surface area (Å²) in [6, 6.07) is 0. The van der Waals surface area contributed by atoms with Gasteiger partial charge in [-0.1, -0.05) is 6.92 Å². The van der Waals surface area contributed by atoms with Crippen LogP contribution in [0.5, 0.6) is 0 Å². The molecule has 2 rings (SSSR count). The molecule has 0 bridgehead atoms. The first-order valence-electron chi connectivity index (χ1n) is 6.69. The molecule has 0 spiro atoms. The van der Waals surface area contributed by atoms with Gasteiger partial charge in [-0.25, -0.2) is 8.42 Å². The monoisotopic (exact) mass is 306 g/mol. The minimum absolute atomic E-state index is 0.0238. The van der Waals surface area contributed by atoms with Crippen LogP contribution in [0.3, 0.4) is 0 Å². The first-order valence-corrected chi connectivity index (χ1v) is 9.80. The minimum Gasteiger partial charge on any atom is -0.323 e. The molecule has 2 heterocycles. The number of hydrogen-bond donors (Lipinski definition) is 1. The van der Waals surface area contributed by atoms with Gasteiger partial charge in [-0.3, -0.25) is 4.79 Å². The van der Waals surface area contributed by atoms with Crippen molar-refractivity contribution >= 4 is 27.5 Å². The maximum atomic E-state index is 12.8. The van der Waals surface area contributed by atoms with Crippen molar-refractivity contribution in [2.45, 2.75) is 25.1 Å². The van der Waals surface area contributed by atoms with Crippen molar-refractivity contribution in [2.75, 3.05) is 37.4 Å². The lowest BCUT2D eigenvalue weighted by Crippen LogP contribution is -2.55. The maximum Gasteiger partial charge on any atom is 0.231 e. The van der Waals surface area contributed by atoms with Crippen LogP contribution in [-0.2, 0) is 14.6 Å². The summed E-state index contributed by atoms with van der Waals surface area (Å²) in [5.74, 6) is 1.35. The highest BCUT2D eigenvalue weighted by atomic mass is 32.2. The molecular formula is C12H22N2O3S2. The number of thioether (sulfide) groups is 1. The van der Waals surface area contributed by atoms with Crippen LogP contribution >= 0.6 is 11.8 Å². The molecule has 1 N–H and O–H groups in total. The second-order valence-electron chi connectivity index (χ2n) is 5.42. The van der Waals surface area contributed by atoms with Gasteiger partial charge in [-0.15, -0.1) is 0 Å². The smallest absolute Gasteiger partial charge is 0.231 e. The van der Waals surface area contributed by atoms with Gasteiger partial charge in [-0.05, 0) is 19.4 Å². The van der Waals surface area contributed by atoms with Crippen molar-refractivity contribution in [3.8, 4) is 0 Å². The molecule has 0 radical (unpaired) electrons. The van der Waals surface area contributed by atoms with Crippen molar-refractivity contribution in [3.05, 3.63) is 0 Å². The highest BCUT2D eigenvalue weighted by molar-refractivity contribution is 8.00. The summed E-state index contributed by atoms with van der Waals surface area (Å²) in [5.41, 5.74) is -0.398. The van der Waals surface area contributed by atoms with Gasteiger partial charge in [0, 0.05) is 30.9 Å². The zero-order valence-electron chi connectivity index (χ0n) is 11.5. The van der Waals surface area contributed by atoms with Crippen LogP contribution in [0.4, 0.5) is 0 Å². The van der Waals surface area contributed by atoms with Gasteiger partial charge >= 0.3 is 0 Å². The first kappa shape index (κ1) is 15.1. The van der Waals surface area contributed by atoms with E-state index in [0.29, 0.717) is 18.8 Å². The number of nitrogens with one attached hydrogen (secondary N) is 1. The number of hydrogen-bond acceptors (Lipinski definition) is 5. The SMILES string of the molecule is CCC1(C(=O)N2CCSCC2S(C)(=O)=O)CCNC1. The van der Waals surface area contributed by atoms with E-state index in [1.807, 2.05) is 6.92 Å². The summed E-state index contributed by atoms with van der Waals surface area (Å²) in [5, 5.41) is 2.59. The lowest BCUT2D eigenvalue weighted by Gasteiger charge is -2.39. The van der Waals surface area contributed by atoms with Gasteiger partial charge in [-0.2, -0.15) is 11.8 Å². The van der Waals surface area contributed by atoms with Gasteiger partial charge in [0.1, 0.15) is 5.37 Å². The second kappa shape index (κ2) is 5.61. The summed E-state index contributed by atoms with van der Waals surface area (Å²) in [4.78, 5) is 14.4. The number of amides is 1. The third-order valence-corrected chi connectivity index (χ3v) is 6.86. The van der Waals surface area contributed by atoms with E-state index in [9.17, 15) is 13.2 Å². The molecular weight excluding hydrogens is 284 g/mol. The molecule has 2 atom stereocenters. The molecule has 5 nitrogen and oxygen atoms in total. The molecule has 2 saturated heterocycles. The molecule has 19 heavy (non-hydrogen) atoms. The Morgan fingerprint density at radius 1 is 1.53 bits per heavy atom. The molecule has 0 aliphatic carbocycles. The number of nitrogens with zero attached hydrogens (tertiary/aromatic N) is 1. The van der Waals surface area contributed by atoms with Gasteiger partial charge in [0.15, 0.2) is 9.84 Å². The Bertz CT molecular complexity index is 444. The fourth-order valence-corrected chi connectivity index (χ4v) is 5.67. The molecule has 0 aromatic carbocycles. The Kier molecular flexibility index (Phi) is 4.47. The zero-order chi connectivity index (χ0) is 14.1. The molecule has 0 saturated carbocycles. The fourth-order valence-electron chi connectivity index (χ4n) is 2.85. The van der Waals surface area contributed by atoms with Gasteiger partial charge < -0.3 is 10.2 Å².